The first-order chi connectivity index (χ1) is 21.1. The van der Waals surface area contributed by atoms with Gasteiger partial charge in [-0.15, -0.1) is 0 Å². The highest BCUT2D eigenvalue weighted by atomic mass is 28.3. The van der Waals surface area contributed by atoms with E-state index >= 15 is 0 Å². The number of rotatable bonds is 8. The summed E-state index contributed by atoms with van der Waals surface area (Å²) in [6.07, 6.45) is 9.96. The fourth-order valence-corrected chi connectivity index (χ4v) is 7.13. The highest BCUT2D eigenvalue weighted by Crippen LogP contribution is 2.35. The van der Waals surface area contributed by atoms with Crippen LogP contribution in [0.3, 0.4) is 0 Å². The van der Waals surface area contributed by atoms with Crippen molar-refractivity contribution in [2.24, 2.45) is 5.92 Å². The van der Waals surface area contributed by atoms with E-state index in [0.29, 0.717) is 36.3 Å². The maximum Gasteiger partial charge on any atom is 0.314 e. The Morgan fingerprint density at radius 2 is 1.91 bits per heavy atom. The molecule has 11 nitrogen and oxygen atoms in total. The predicted molar refractivity (Wildman–Crippen MR) is 174 cm³/mol. The van der Waals surface area contributed by atoms with E-state index in [1.165, 1.54) is 0 Å². The number of anilines is 1. The SMILES string of the molecule is C[C@H]1CC[C@H](c2ccc3nn([C@@H]4CCN(C)C4)cc3c2)N(C(=O)C(=O)Nc2cncc3cnn(COCC[Si](C)(C)C)c23)C1. The van der Waals surface area contributed by atoms with Crippen LogP contribution in [-0.4, -0.2) is 87.5 Å². The first kappa shape index (κ1) is 30.4. The minimum Gasteiger partial charge on any atom is -0.360 e. The van der Waals surface area contributed by atoms with Crippen LogP contribution in [0.4, 0.5) is 5.69 Å². The quantitative estimate of drug-likeness (QED) is 0.170. The highest BCUT2D eigenvalue weighted by molar-refractivity contribution is 6.76. The van der Waals surface area contributed by atoms with E-state index in [1.54, 1.807) is 28.2 Å². The van der Waals surface area contributed by atoms with Crippen LogP contribution in [0.5, 0.6) is 0 Å². The monoisotopic (exact) mass is 616 g/mol. The number of nitrogens with zero attached hydrogens (tertiary/aromatic N) is 7. The summed E-state index contributed by atoms with van der Waals surface area (Å²) in [4.78, 5) is 35.7. The number of carbonyl (C=O) groups excluding carboxylic acids is 2. The Labute approximate surface area is 259 Å². The van der Waals surface area contributed by atoms with Gasteiger partial charge in [-0.2, -0.15) is 10.2 Å². The van der Waals surface area contributed by atoms with Gasteiger partial charge in [-0.1, -0.05) is 32.6 Å². The van der Waals surface area contributed by atoms with Gasteiger partial charge in [0.1, 0.15) is 6.73 Å². The van der Waals surface area contributed by atoms with Crippen LogP contribution in [0.25, 0.3) is 21.8 Å². The largest absolute Gasteiger partial charge is 0.360 e. The van der Waals surface area contributed by atoms with Gasteiger partial charge in [0.25, 0.3) is 0 Å². The molecule has 2 amide bonds. The van der Waals surface area contributed by atoms with Crippen LogP contribution in [0.2, 0.25) is 25.7 Å². The van der Waals surface area contributed by atoms with E-state index in [2.05, 4.69) is 76.9 Å². The Balaban J connectivity index is 1.19. The number of hydrogen-bond acceptors (Lipinski definition) is 7. The van der Waals surface area contributed by atoms with Gasteiger partial charge in [-0.05, 0) is 62.5 Å². The van der Waals surface area contributed by atoms with Gasteiger partial charge < -0.3 is 19.9 Å². The van der Waals surface area contributed by atoms with Crippen molar-refractivity contribution < 1.29 is 14.3 Å². The number of carbonyl (C=O) groups is 2. The van der Waals surface area contributed by atoms with Crippen LogP contribution in [0.15, 0.2) is 43.0 Å². The van der Waals surface area contributed by atoms with E-state index in [-0.39, 0.29) is 12.8 Å². The van der Waals surface area contributed by atoms with Crippen molar-refractivity contribution in [2.75, 3.05) is 38.6 Å². The normalized spacial score (nSPS) is 21.4. The lowest BCUT2D eigenvalue weighted by atomic mass is 9.89. The summed E-state index contributed by atoms with van der Waals surface area (Å²) in [6.45, 7) is 12.6. The zero-order valence-corrected chi connectivity index (χ0v) is 27.5. The average Bonchev–Trinajstić information content (AvgIpc) is 3.72. The molecular formula is C32H44N8O3Si. The van der Waals surface area contributed by atoms with E-state index < -0.39 is 19.9 Å². The highest BCUT2D eigenvalue weighted by Gasteiger charge is 2.35. The number of fused-ring (bicyclic) bond motifs is 2. The number of nitrogens with one attached hydrogen (secondary N) is 1. The molecule has 2 aliphatic heterocycles. The third kappa shape index (κ3) is 6.57. The first-order valence-electron chi connectivity index (χ1n) is 15.7. The fourth-order valence-electron chi connectivity index (χ4n) is 6.38. The molecule has 6 rings (SSSR count). The van der Waals surface area contributed by atoms with Gasteiger partial charge in [0, 0.05) is 50.9 Å². The maximum atomic E-state index is 13.8. The molecule has 0 unspecified atom stereocenters. The molecule has 0 aliphatic carbocycles. The topological polar surface area (TPSA) is 110 Å². The molecule has 4 aromatic rings. The molecule has 5 heterocycles. The molecule has 1 aromatic carbocycles. The summed E-state index contributed by atoms with van der Waals surface area (Å²) in [5.41, 5.74) is 3.12. The first-order valence-corrected chi connectivity index (χ1v) is 19.4. The van der Waals surface area contributed by atoms with Crippen LogP contribution in [0, 0.1) is 5.92 Å². The molecule has 2 fully saturated rings. The third-order valence-electron chi connectivity index (χ3n) is 8.94. The second-order valence-corrected chi connectivity index (χ2v) is 19.5. The zero-order valence-electron chi connectivity index (χ0n) is 26.5. The van der Waals surface area contributed by atoms with Crippen LogP contribution < -0.4 is 5.32 Å². The molecule has 0 saturated carbocycles. The molecule has 0 spiro atoms. The number of likely N-dealkylation sites (N-methyl/N-ethyl adjacent to an activating group) is 1. The number of likely N-dealkylation sites (tertiary alicyclic amines) is 2. The molecule has 2 aliphatic rings. The van der Waals surface area contributed by atoms with E-state index in [1.807, 2.05) is 6.07 Å². The Morgan fingerprint density at radius 3 is 2.68 bits per heavy atom. The van der Waals surface area contributed by atoms with Gasteiger partial charge in [0.05, 0.1) is 41.2 Å². The number of ether oxygens (including phenoxy) is 1. The van der Waals surface area contributed by atoms with E-state index in [9.17, 15) is 9.59 Å². The van der Waals surface area contributed by atoms with Crippen molar-refractivity contribution in [3.8, 4) is 0 Å². The van der Waals surface area contributed by atoms with Gasteiger partial charge >= 0.3 is 11.8 Å². The standard InChI is InChI=1S/C32H44N8O3Si/c1-22-6-9-29(23-7-8-27-24(14-23)19-39(36-27)26-10-11-37(2)20-26)38(18-22)32(42)31(41)35-28-17-33-15-25-16-34-40(30(25)28)21-43-12-13-44(3,4)5/h7-8,14-17,19,22,26,29H,6,9-13,18,20-21H2,1-5H3,(H,35,41)/t22-,26+,29+/m0/s1. The maximum absolute atomic E-state index is 13.8. The van der Waals surface area contributed by atoms with Crippen molar-refractivity contribution in [2.45, 2.75) is 70.7 Å². The second kappa shape index (κ2) is 12.4. The van der Waals surface area contributed by atoms with E-state index in [4.69, 9.17) is 9.84 Å². The van der Waals surface area contributed by atoms with Crippen LogP contribution in [0.1, 0.15) is 43.8 Å². The molecule has 44 heavy (non-hydrogen) atoms. The lowest BCUT2D eigenvalue weighted by Crippen LogP contribution is -2.46. The summed E-state index contributed by atoms with van der Waals surface area (Å²) < 4.78 is 9.73. The van der Waals surface area contributed by atoms with Crippen molar-refractivity contribution in [1.82, 2.24) is 34.3 Å². The lowest BCUT2D eigenvalue weighted by molar-refractivity contribution is -0.146. The summed E-state index contributed by atoms with van der Waals surface area (Å²) >= 11 is 0. The molecule has 3 atom stereocenters. The molecule has 2 saturated heterocycles. The number of amides is 2. The Bertz CT molecular complexity index is 1660. The van der Waals surface area contributed by atoms with Crippen molar-refractivity contribution in [3.05, 3.63) is 48.5 Å². The Hall–Kier alpha value is -3.61. The molecule has 3 aromatic heterocycles. The summed E-state index contributed by atoms with van der Waals surface area (Å²) in [7, 11) is 0.922. The van der Waals surface area contributed by atoms with Crippen molar-refractivity contribution in [1.29, 1.82) is 0 Å². The smallest absolute Gasteiger partial charge is 0.314 e. The molecular weight excluding hydrogens is 572 g/mol. The second-order valence-electron chi connectivity index (χ2n) is 13.9. The zero-order chi connectivity index (χ0) is 31.0. The van der Waals surface area contributed by atoms with Crippen molar-refractivity contribution >= 4 is 47.4 Å². The number of aromatic nitrogens is 5. The summed E-state index contributed by atoms with van der Waals surface area (Å²) in [6, 6.07) is 7.48. The van der Waals surface area contributed by atoms with Gasteiger partial charge in [-0.25, -0.2) is 4.68 Å². The Morgan fingerprint density at radius 1 is 1.07 bits per heavy atom. The molecule has 0 bridgehead atoms. The number of piperidine rings is 1. The molecule has 1 N–H and O–H groups in total. The minimum atomic E-state index is -1.22. The molecule has 234 valence electrons. The molecule has 0 radical (unpaired) electrons. The van der Waals surface area contributed by atoms with Gasteiger partial charge in [0.2, 0.25) is 0 Å². The fraction of sp³-hybridized carbons (Fsp3) is 0.531. The van der Waals surface area contributed by atoms with Crippen LogP contribution in [-0.2, 0) is 21.1 Å². The third-order valence-corrected chi connectivity index (χ3v) is 10.6. The number of pyridine rings is 1. The summed E-state index contributed by atoms with van der Waals surface area (Å²) in [5, 5.41) is 14.0. The van der Waals surface area contributed by atoms with Gasteiger partial charge in [0.15, 0.2) is 0 Å². The Kier molecular flexibility index (Phi) is 8.58. The predicted octanol–water partition coefficient (Wildman–Crippen LogP) is 4.91. The van der Waals surface area contributed by atoms with Crippen LogP contribution >= 0.6 is 0 Å². The van der Waals surface area contributed by atoms with Gasteiger partial charge in [-0.3, -0.25) is 19.3 Å². The summed E-state index contributed by atoms with van der Waals surface area (Å²) in [5.74, 6) is -0.917. The minimum absolute atomic E-state index is 0.186. The number of benzene rings is 1. The van der Waals surface area contributed by atoms with E-state index in [0.717, 1.165) is 60.2 Å². The molecule has 12 heteroatoms. The van der Waals surface area contributed by atoms with Crippen molar-refractivity contribution in [3.63, 3.8) is 0 Å². The lowest BCUT2D eigenvalue weighted by Gasteiger charge is -2.38. The average molecular weight is 617 g/mol. The number of hydrogen-bond donors (Lipinski definition) is 1.